The van der Waals surface area contributed by atoms with Crippen LogP contribution in [0.15, 0.2) is 78.6 Å². The van der Waals surface area contributed by atoms with E-state index in [1.54, 1.807) is 55.7 Å². The van der Waals surface area contributed by atoms with Gasteiger partial charge in [0.05, 0.1) is 18.2 Å². The van der Waals surface area contributed by atoms with Crippen LogP contribution in [-0.4, -0.2) is 18.9 Å². The van der Waals surface area contributed by atoms with E-state index in [-0.39, 0.29) is 11.5 Å². The molecular formula is C23H16O5. The van der Waals surface area contributed by atoms with E-state index in [1.807, 2.05) is 24.3 Å². The lowest BCUT2D eigenvalue weighted by Gasteiger charge is -2.06. The van der Waals surface area contributed by atoms with Crippen LogP contribution in [0.5, 0.6) is 17.2 Å². The van der Waals surface area contributed by atoms with Crippen molar-refractivity contribution >= 4 is 17.8 Å². The van der Waals surface area contributed by atoms with Gasteiger partial charge in [-0.2, -0.15) is 0 Å². The Labute approximate surface area is 161 Å². The zero-order valence-corrected chi connectivity index (χ0v) is 15.0. The third-order valence-electron chi connectivity index (χ3n) is 4.29. The fourth-order valence-corrected chi connectivity index (χ4v) is 2.90. The standard InChI is InChI=1S/C23H16O5/c1-26-19-10-6-5-9-16(19)13-21-22(24)18-12-11-17(14-20(18)28-21)27-23(25)15-7-3-2-4-8-15/h2-14H,1H3. The van der Waals surface area contributed by atoms with Gasteiger partial charge in [-0.3, -0.25) is 4.79 Å². The average molecular weight is 372 g/mol. The number of rotatable bonds is 4. The molecule has 5 heteroatoms. The van der Waals surface area contributed by atoms with Gasteiger partial charge in [0.2, 0.25) is 5.78 Å². The molecule has 0 fully saturated rings. The molecule has 4 rings (SSSR count). The Bertz CT molecular complexity index is 1080. The SMILES string of the molecule is COc1ccccc1C=C1Oc2cc(OC(=O)c3ccccc3)ccc2C1=O. The Balaban J connectivity index is 1.58. The first-order valence-corrected chi connectivity index (χ1v) is 8.64. The van der Waals surface area contributed by atoms with Crippen molar-refractivity contribution < 1.29 is 23.8 Å². The number of allylic oxidation sites excluding steroid dienone is 1. The molecule has 1 aliphatic rings. The number of hydrogen-bond acceptors (Lipinski definition) is 5. The first-order chi connectivity index (χ1) is 13.7. The predicted molar refractivity (Wildman–Crippen MR) is 104 cm³/mol. The van der Waals surface area contributed by atoms with E-state index in [0.29, 0.717) is 28.4 Å². The molecule has 138 valence electrons. The second kappa shape index (κ2) is 7.40. The number of esters is 1. The van der Waals surface area contributed by atoms with Gasteiger partial charge in [0.25, 0.3) is 0 Å². The summed E-state index contributed by atoms with van der Waals surface area (Å²) in [6, 6.07) is 20.7. The van der Waals surface area contributed by atoms with Crippen molar-refractivity contribution in [2.75, 3.05) is 7.11 Å². The quantitative estimate of drug-likeness (QED) is 0.382. The second-order valence-electron chi connectivity index (χ2n) is 6.10. The molecule has 0 amide bonds. The number of carbonyl (C=O) groups is 2. The summed E-state index contributed by atoms with van der Waals surface area (Å²) in [5.41, 5.74) is 1.59. The van der Waals surface area contributed by atoms with E-state index < -0.39 is 5.97 Å². The van der Waals surface area contributed by atoms with Crippen molar-refractivity contribution in [1.82, 2.24) is 0 Å². The van der Waals surface area contributed by atoms with Crippen LogP contribution in [0.25, 0.3) is 6.08 Å². The van der Waals surface area contributed by atoms with Gasteiger partial charge in [-0.1, -0.05) is 36.4 Å². The monoisotopic (exact) mass is 372 g/mol. The van der Waals surface area contributed by atoms with Crippen LogP contribution >= 0.6 is 0 Å². The number of ketones is 1. The van der Waals surface area contributed by atoms with Crippen LogP contribution in [0.4, 0.5) is 0 Å². The minimum atomic E-state index is -0.477. The summed E-state index contributed by atoms with van der Waals surface area (Å²) in [5, 5.41) is 0. The molecule has 0 aliphatic carbocycles. The average Bonchev–Trinajstić information content (AvgIpc) is 3.04. The molecule has 0 radical (unpaired) electrons. The summed E-state index contributed by atoms with van der Waals surface area (Å²) in [6.07, 6.45) is 1.64. The highest BCUT2D eigenvalue weighted by Crippen LogP contribution is 2.35. The molecule has 0 N–H and O–H groups in total. The van der Waals surface area contributed by atoms with Crippen molar-refractivity contribution in [3.8, 4) is 17.2 Å². The summed E-state index contributed by atoms with van der Waals surface area (Å²) in [5.74, 6) is 0.769. The molecule has 0 atom stereocenters. The summed E-state index contributed by atoms with van der Waals surface area (Å²) < 4.78 is 16.4. The number of carbonyl (C=O) groups excluding carboxylic acids is 2. The van der Waals surface area contributed by atoms with E-state index in [0.717, 1.165) is 5.56 Å². The number of methoxy groups -OCH3 is 1. The Morgan fingerprint density at radius 1 is 0.964 bits per heavy atom. The fourth-order valence-electron chi connectivity index (χ4n) is 2.90. The molecule has 5 nitrogen and oxygen atoms in total. The van der Waals surface area contributed by atoms with Crippen LogP contribution < -0.4 is 14.2 Å². The van der Waals surface area contributed by atoms with E-state index in [1.165, 1.54) is 6.07 Å². The van der Waals surface area contributed by atoms with E-state index in [2.05, 4.69) is 0 Å². The number of hydrogen-bond donors (Lipinski definition) is 0. The highest BCUT2D eigenvalue weighted by molar-refractivity contribution is 6.14. The van der Waals surface area contributed by atoms with Crippen molar-refractivity contribution in [2.45, 2.75) is 0 Å². The van der Waals surface area contributed by atoms with Gasteiger partial charge in [-0.15, -0.1) is 0 Å². The molecule has 1 heterocycles. The first kappa shape index (κ1) is 17.5. The van der Waals surface area contributed by atoms with E-state index in [9.17, 15) is 9.59 Å². The van der Waals surface area contributed by atoms with Crippen LogP contribution in [0, 0.1) is 0 Å². The topological polar surface area (TPSA) is 61.8 Å². The molecule has 3 aromatic rings. The molecular weight excluding hydrogens is 356 g/mol. The number of Topliss-reactive ketones (excluding diaryl/α,β-unsaturated/α-hetero) is 1. The zero-order chi connectivity index (χ0) is 19.5. The van der Waals surface area contributed by atoms with Crippen molar-refractivity contribution in [2.24, 2.45) is 0 Å². The fraction of sp³-hybridized carbons (Fsp3) is 0.0435. The number of para-hydroxylation sites is 1. The van der Waals surface area contributed by atoms with Gasteiger partial charge in [0, 0.05) is 11.6 Å². The van der Waals surface area contributed by atoms with Gasteiger partial charge in [-0.05, 0) is 36.4 Å². The summed E-state index contributed by atoms with van der Waals surface area (Å²) >= 11 is 0. The Morgan fingerprint density at radius 2 is 1.71 bits per heavy atom. The van der Waals surface area contributed by atoms with Gasteiger partial charge >= 0.3 is 5.97 Å². The van der Waals surface area contributed by atoms with Crippen molar-refractivity contribution in [3.63, 3.8) is 0 Å². The maximum Gasteiger partial charge on any atom is 0.343 e. The zero-order valence-electron chi connectivity index (χ0n) is 15.0. The highest BCUT2D eigenvalue weighted by atomic mass is 16.5. The smallest absolute Gasteiger partial charge is 0.343 e. The van der Waals surface area contributed by atoms with Gasteiger partial charge in [-0.25, -0.2) is 4.79 Å². The normalized spacial score (nSPS) is 13.8. The maximum absolute atomic E-state index is 12.6. The summed E-state index contributed by atoms with van der Waals surface area (Å²) in [7, 11) is 1.57. The maximum atomic E-state index is 12.6. The largest absolute Gasteiger partial charge is 0.496 e. The Kier molecular flexibility index (Phi) is 4.64. The first-order valence-electron chi connectivity index (χ1n) is 8.64. The number of fused-ring (bicyclic) bond motifs is 1. The highest BCUT2D eigenvalue weighted by Gasteiger charge is 2.28. The van der Waals surface area contributed by atoms with Crippen LogP contribution in [0.3, 0.4) is 0 Å². The Morgan fingerprint density at radius 3 is 2.50 bits per heavy atom. The van der Waals surface area contributed by atoms with E-state index >= 15 is 0 Å². The molecule has 3 aromatic carbocycles. The van der Waals surface area contributed by atoms with Gasteiger partial charge < -0.3 is 14.2 Å². The molecule has 28 heavy (non-hydrogen) atoms. The lowest BCUT2D eigenvalue weighted by atomic mass is 10.1. The molecule has 0 saturated heterocycles. The van der Waals surface area contributed by atoms with Crippen LogP contribution in [0.2, 0.25) is 0 Å². The lowest BCUT2D eigenvalue weighted by molar-refractivity contribution is 0.0734. The minimum Gasteiger partial charge on any atom is -0.496 e. The molecule has 1 aliphatic heterocycles. The molecule has 0 spiro atoms. The summed E-state index contributed by atoms with van der Waals surface area (Å²) in [6.45, 7) is 0. The molecule has 0 unspecified atom stereocenters. The number of benzene rings is 3. The molecule has 0 saturated carbocycles. The summed E-state index contributed by atoms with van der Waals surface area (Å²) in [4.78, 5) is 24.8. The lowest BCUT2D eigenvalue weighted by Crippen LogP contribution is -2.08. The third kappa shape index (κ3) is 3.38. The van der Waals surface area contributed by atoms with Crippen LogP contribution in [-0.2, 0) is 0 Å². The van der Waals surface area contributed by atoms with E-state index in [4.69, 9.17) is 14.2 Å². The predicted octanol–water partition coefficient (Wildman–Crippen LogP) is 4.53. The minimum absolute atomic E-state index is 0.186. The van der Waals surface area contributed by atoms with Crippen LogP contribution in [0.1, 0.15) is 26.3 Å². The third-order valence-corrected chi connectivity index (χ3v) is 4.29. The van der Waals surface area contributed by atoms with Crippen molar-refractivity contribution in [3.05, 3.63) is 95.2 Å². The Hall–Kier alpha value is -3.86. The number of ether oxygens (including phenoxy) is 3. The van der Waals surface area contributed by atoms with Gasteiger partial charge in [0.1, 0.15) is 17.2 Å². The van der Waals surface area contributed by atoms with Gasteiger partial charge in [0.15, 0.2) is 5.76 Å². The van der Waals surface area contributed by atoms with Crippen molar-refractivity contribution in [1.29, 1.82) is 0 Å². The second-order valence-corrected chi connectivity index (χ2v) is 6.10. The molecule has 0 bridgehead atoms. The molecule has 0 aromatic heterocycles.